The summed E-state index contributed by atoms with van der Waals surface area (Å²) in [6.45, 7) is 6.85. The number of aromatic amines is 1. The Balaban J connectivity index is 1.86. The molecule has 1 fully saturated rings. The van der Waals surface area contributed by atoms with E-state index < -0.39 is 5.41 Å². The maximum absolute atomic E-state index is 12.7. The Hall–Kier alpha value is -2.62. The third-order valence-electron chi connectivity index (χ3n) is 5.18. The van der Waals surface area contributed by atoms with Gasteiger partial charge in [0.1, 0.15) is 23.2 Å². The molecule has 25 heavy (non-hydrogen) atoms. The molecule has 0 bridgehead atoms. The van der Waals surface area contributed by atoms with Crippen molar-refractivity contribution in [3.8, 4) is 6.07 Å². The first-order chi connectivity index (χ1) is 11.8. The van der Waals surface area contributed by atoms with Gasteiger partial charge in [-0.2, -0.15) is 5.26 Å². The van der Waals surface area contributed by atoms with Gasteiger partial charge in [0.15, 0.2) is 0 Å². The van der Waals surface area contributed by atoms with E-state index in [1.165, 1.54) is 0 Å². The molecule has 0 aliphatic carbocycles. The lowest BCUT2D eigenvalue weighted by Crippen LogP contribution is -2.55. The second-order valence-corrected chi connectivity index (χ2v) is 7.37. The molecular formula is C18H24N6O. The maximum atomic E-state index is 12.7. The fourth-order valence-corrected chi connectivity index (χ4v) is 3.48. The summed E-state index contributed by atoms with van der Waals surface area (Å²) in [7, 11) is 2.01. The molecule has 0 radical (unpaired) electrons. The standard InChI is InChI=1S/C18H24N6O/c1-12-6-8-24(17(25)18(2,3)10-19)9-14(12)23(4)16-13-5-7-20-15(13)21-11-22-16/h5,7,11-12,14H,6,8-9H2,1-4H3,(H,20,21,22)/t12-,14+/m1/s1. The number of carbonyl (C=O) groups is 1. The molecule has 0 saturated carbocycles. The first-order valence-electron chi connectivity index (χ1n) is 8.56. The van der Waals surface area contributed by atoms with Gasteiger partial charge in [0.05, 0.1) is 17.5 Å². The molecule has 0 unspecified atom stereocenters. The number of likely N-dealkylation sites (N-methyl/N-ethyl adjacent to an activating group) is 1. The number of nitrogens with zero attached hydrogens (tertiary/aromatic N) is 5. The number of rotatable bonds is 3. The van der Waals surface area contributed by atoms with Gasteiger partial charge >= 0.3 is 0 Å². The normalized spacial score (nSPS) is 21.2. The minimum atomic E-state index is -0.994. The number of anilines is 1. The number of nitriles is 1. The molecule has 7 heteroatoms. The molecule has 0 spiro atoms. The number of piperidine rings is 1. The summed E-state index contributed by atoms with van der Waals surface area (Å²) in [5.74, 6) is 1.18. The van der Waals surface area contributed by atoms with E-state index in [4.69, 9.17) is 0 Å². The van der Waals surface area contributed by atoms with Crippen molar-refractivity contribution in [1.29, 1.82) is 5.26 Å². The second-order valence-electron chi connectivity index (χ2n) is 7.37. The van der Waals surface area contributed by atoms with Gasteiger partial charge in [-0.05, 0) is 32.3 Å². The largest absolute Gasteiger partial charge is 0.354 e. The molecule has 0 aromatic carbocycles. The quantitative estimate of drug-likeness (QED) is 0.925. The van der Waals surface area contributed by atoms with Crippen LogP contribution in [0.3, 0.4) is 0 Å². The Morgan fingerprint density at radius 2 is 2.24 bits per heavy atom. The Kier molecular flexibility index (Phi) is 4.38. The van der Waals surface area contributed by atoms with E-state index in [1.54, 1.807) is 20.2 Å². The van der Waals surface area contributed by atoms with Gasteiger partial charge in [-0.25, -0.2) is 9.97 Å². The van der Waals surface area contributed by atoms with Crippen LogP contribution in [0.5, 0.6) is 0 Å². The predicted octanol–water partition coefficient (Wildman–Crippen LogP) is 2.18. The molecule has 7 nitrogen and oxygen atoms in total. The number of aromatic nitrogens is 3. The van der Waals surface area contributed by atoms with Crippen LogP contribution in [0.15, 0.2) is 18.6 Å². The molecule has 1 aliphatic rings. The van der Waals surface area contributed by atoms with E-state index in [9.17, 15) is 10.1 Å². The average Bonchev–Trinajstić information content (AvgIpc) is 3.09. The minimum absolute atomic E-state index is 0.102. The van der Waals surface area contributed by atoms with Crippen LogP contribution in [0.2, 0.25) is 0 Å². The lowest BCUT2D eigenvalue weighted by molar-refractivity contribution is -0.139. The van der Waals surface area contributed by atoms with E-state index in [2.05, 4.69) is 32.8 Å². The lowest BCUT2D eigenvalue weighted by Gasteiger charge is -2.43. The average molecular weight is 340 g/mol. The predicted molar refractivity (Wildman–Crippen MR) is 95.8 cm³/mol. The fourth-order valence-electron chi connectivity index (χ4n) is 3.48. The zero-order chi connectivity index (χ0) is 18.2. The third kappa shape index (κ3) is 3.04. The number of hydrogen-bond acceptors (Lipinski definition) is 5. The zero-order valence-electron chi connectivity index (χ0n) is 15.2. The highest BCUT2D eigenvalue weighted by atomic mass is 16.2. The van der Waals surface area contributed by atoms with Crippen LogP contribution in [0.1, 0.15) is 27.2 Å². The highest BCUT2D eigenvalue weighted by Gasteiger charge is 2.38. The topological polar surface area (TPSA) is 88.9 Å². The van der Waals surface area contributed by atoms with Gasteiger partial charge in [-0.1, -0.05) is 6.92 Å². The lowest BCUT2D eigenvalue weighted by atomic mass is 9.88. The van der Waals surface area contributed by atoms with E-state index in [0.29, 0.717) is 19.0 Å². The first kappa shape index (κ1) is 17.2. The number of likely N-dealkylation sites (tertiary alicyclic amines) is 1. The van der Waals surface area contributed by atoms with Gasteiger partial charge in [-0.15, -0.1) is 0 Å². The summed E-state index contributed by atoms with van der Waals surface area (Å²) in [6, 6.07) is 4.22. The van der Waals surface area contributed by atoms with Crippen molar-refractivity contribution in [2.24, 2.45) is 11.3 Å². The van der Waals surface area contributed by atoms with Crippen LogP contribution in [-0.2, 0) is 4.79 Å². The van der Waals surface area contributed by atoms with E-state index in [1.807, 2.05) is 24.2 Å². The summed E-state index contributed by atoms with van der Waals surface area (Å²) >= 11 is 0. The highest BCUT2D eigenvalue weighted by Crippen LogP contribution is 2.30. The van der Waals surface area contributed by atoms with Crippen LogP contribution < -0.4 is 4.90 Å². The smallest absolute Gasteiger partial charge is 0.242 e. The van der Waals surface area contributed by atoms with Crippen molar-refractivity contribution >= 4 is 22.8 Å². The number of nitrogens with one attached hydrogen (secondary N) is 1. The van der Waals surface area contributed by atoms with E-state index in [0.717, 1.165) is 23.3 Å². The Morgan fingerprint density at radius 3 is 2.96 bits per heavy atom. The Morgan fingerprint density at radius 1 is 1.48 bits per heavy atom. The summed E-state index contributed by atoms with van der Waals surface area (Å²) in [5, 5.41) is 10.2. The zero-order valence-corrected chi connectivity index (χ0v) is 15.2. The maximum Gasteiger partial charge on any atom is 0.242 e. The molecule has 132 valence electrons. The van der Waals surface area contributed by atoms with Crippen LogP contribution >= 0.6 is 0 Å². The molecule has 2 atom stereocenters. The molecule has 1 saturated heterocycles. The van der Waals surface area contributed by atoms with Gasteiger partial charge in [0.2, 0.25) is 5.91 Å². The minimum Gasteiger partial charge on any atom is -0.354 e. The van der Waals surface area contributed by atoms with Crippen LogP contribution in [0, 0.1) is 22.7 Å². The number of hydrogen-bond donors (Lipinski definition) is 1. The SMILES string of the molecule is C[C@@H]1CCN(C(=O)C(C)(C)C#N)C[C@@H]1N(C)c1ncnc2[nH]ccc12. The van der Waals surface area contributed by atoms with Crippen molar-refractivity contribution in [3.63, 3.8) is 0 Å². The molecule has 3 heterocycles. The molecule has 1 amide bonds. The molecule has 2 aromatic rings. The van der Waals surface area contributed by atoms with Crippen LogP contribution in [-0.4, -0.2) is 51.9 Å². The van der Waals surface area contributed by atoms with Crippen LogP contribution in [0.25, 0.3) is 11.0 Å². The van der Waals surface area contributed by atoms with E-state index >= 15 is 0 Å². The van der Waals surface area contributed by atoms with Gasteiger partial charge in [0.25, 0.3) is 0 Å². The summed E-state index contributed by atoms with van der Waals surface area (Å²) in [5.41, 5.74) is -0.189. The summed E-state index contributed by atoms with van der Waals surface area (Å²) in [6.07, 6.45) is 4.32. The second kappa shape index (κ2) is 6.36. The van der Waals surface area contributed by atoms with Crippen molar-refractivity contribution in [3.05, 3.63) is 18.6 Å². The van der Waals surface area contributed by atoms with Gasteiger partial charge < -0.3 is 14.8 Å². The monoisotopic (exact) mass is 340 g/mol. The number of fused-ring (bicyclic) bond motifs is 1. The molecule has 1 aliphatic heterocycles. The number of carbonyl (C=O) groups excluding carboxylic acids is 1. The Labute approximate surface area is 147 Å². The molecule has 3 rings (SSSR count). The fraction of sp³-hybridized carbons (Fsp3) is 0.556. The van der Waals surface area contributed by atoms with Gasteiger partial charge in [0, 0.05) is 26.3 Å². The molecule has 1 N–H and O–H groups in total. The summed E-state index contributed by atoms with van der Waals surface area (Å²) < 4.78 is 0. The Bertz CT molecular complexity index is 820. The highest BCUT2D eigenvalue weighted by molar-refractivity contribution is 5.87. The first-order valence-corrected chi connectivity index (χ1v) is 8.56. The number of H-pyrrole nitrogens is 1. The van der Waals surface area contributed by atoms with Crippen molar-refractivity contribution in [1.82, 2.24) is 19.9 Å². The van der Waals surface area contributed by atoms with E-state index in [-0.39, 0.29) is 11.9 Å². The van der Waals surface area contributed by atoms with Crippen molar-refractivity contribution in [2.75, 3.05) is 25.0 Å². The molecule has 2 aromatic heterocycles. The van der Waals surface area contributed by atoms with Crippen molar-refractivity contribution < 1.29 is 4.79 Å². The molecular weight excluding hydrogens is 316 g/mol. The number of amides is 1. The van der Waals surface area contributed by atoms with Crippen LogP contribution in [0.4, 0.5) is 5.82 Å². The van der Waals surface area contributed by atoms with Crippen molar-refractivity contribution in [2.45, 2.75) is 33.2 Å². The van der Waals surface area contributed by atoms with Gasteiger partial charge in [-0.3, -0.25) is 4.79 Å². The third-order valence-corrected chi connectivity index (χ3v) is 5.18. The summed E-state index contributed by atoms with van der Waals surface area (Å²) in [4.78, 5) is 28.5.